The largest absolute Gasteiger partial charge is 0.454 e. The van der Waals surface area contributed by atoms with Gasteiger partial charge >= 0.3 is 0 Å². The minimum Gasteiger partial charge on any atom is -0.454 e. The predicted octanol–water partition coefficient (Wildman–Crippen LogP) is 3.43. The minimum atomic E-state index is -0.115. The van der Waals surface area contributed by atoms with E-state index < -0.39 is 0 Å². The number of aromatic nitrogens is 3. The van der Waals surface area contributed by atoms with Crippen molar-refractivity contribution in [3.8, 4) is 11.5 Å². The number of amides is 1. The van der Waals surface area contributed by atoms with E-state index in [1.165, 1.54) is 11.8 Å². The number of anilines is 1. The Hall–Kier alpha value is -3.24. The second-order valence-electron chi connectivity index (χ2n) is 6.54. The van der Waals surface area contributed by atoms with Crippen LogP contribution < -0.4 is 20.2 Å². The number of carbonyl (C=O) groups excluding carboxylic acids is 1. The summed E-state index contributed by atoms with van der Waals surface area (Å²) < 4.78 is 10.7. The summed E-state index contributed by atoms with van der Waals surface area (Å²) in [6.45, 7) is 2.53. The molecule has 0 saturated carbocycles. The van der Waals surface area contributed by atoms with Crippen LogP contribution >= 0.6 is 23.4 Å². The van der Waals surface area contributed by atoms with Gasteiger partial charge in [0.1, 0.15) is 0 Å². The van der Waals surface area contributed by atoms with E-state index in [1.807, 2.05) is 37.3 Å². The van der Waals surface area contributed by atoms with E-state index in [1.54, 1.807) is 12.1 Å². The van der Waals surface area contributed by atoms with Gasteiger partial charge in [-0.1, -0.05) is 35.5 Å². The molecular weight excluding hydrogens is 440 g/mol. The third-order valence-corrected chi connectivity index (χ3v) is 5.42. The number of nitrogens with one attached hydrogen (secondary N) is 3. The van der Waals surface area contributed by atoms with Crippen molar-refractivity contribution in [3.05, 3.63) is 58.6 Å². The van der Waals surface area contributed by atoms with Crippen LogP contribution in [0, 0.1) is 0 Å². The zero-order valence-electron chi connectivity index (χ0n) is 16.5. The molecule has 31 heavy (non-hydrogen) atoms. The molecule has 2 heterocycles. The lowest BCUT2D eigenvalue weighted by Crippen LogP contribution is -2.24. The molecule has 3 N–H and O–H groups in total. The van der Waals surface area contributed by atoms with E-state index in [2.05, 4.69) is 31.0 Å². The number of ether oxygens (including phenoxy) is 2. The molecule has 0 radical (unpaired) electrons. The molecule has 1 aliphatic rings. The van der Waals surface area contributed by atoms with E-state index in [0.29, 0.717) is 28.4 Å². The number of carbonyl (C=O) groups is 1. The number of nitrogens with zero attached hydrogens (tertiary/aromatic N) is 3. The summed E-state index contributed by atoms with van der Waals surface area (Å²) in [4.78, 5) is 16.3. The first-order valence-corrected chi connectivity index (χ1v) is 10.7. The first-order chi connectivity index (χ1) is 15.1. The molecule has 1 amide bonds. The summed E-state index contributed by atoms with van der Waals surface area (Å²) in [6, 6.07) is 12.9. The van der Waals surface area contributed by atoms with Gasteiger partial charge < -0.3 is 14.8 Å². The SMILES string of the molecule is C/C(=N/Nc1nc(SCC(=O)NCc2ccc(Cl)cc2)n[nH]1)c1ccc2c(c1)OCO2. The smallest absolute Gasteiger partial charge is 0.240 e. The number of fused-ring (bicyclic) bond motifs is 1. The van der Waals surface area contributed by atoms with E-state index in [9.17, 15) is 4.79 Å². The Morgan fingerprint density at radius 1 is 1.23 bits per heavy atom. The standard InChI is InChI=1S/C20H19ClN6O3S/c1-12(14-4-7-16-17(8-14)30-11-29-16)24-25-19-23-20(27-26-19)31-10-18(28)22-9-13-2-5-15(21)6-3-13/h2-8H,9-11H2,1H3,(H,22,28)(H2,23,25,26,27)/b24-12-. The quantitative estimate of drug-likeness (QED) is 0.269. The van der Waals surface area contributed by atoms with Crippen molar-refractivity contribution in [2.24, 2.45) is 5.10 Å². The van der Waals surface area contributed by atoms with Crippen LogP contribution in [-0.2, 0) is 11.3 Å². The molecule has 0 aliphatic carbocycles. The second kappa shape index (κ2) is 9.71. The average Bonchev–Trinajstić information content (AvgIpc) is 3.44. The summed E-state index contributed by atoms with van der Waals surface area (Å²) in [7, 11) is 0. The molecule has 2 aromatic carbocycles. The highest BCUT2D eigenvalue weighted by Gasteiger charge is 2.14. The number of rotatable bonds is 8. The van der Waals surface area contributed by atoms with Gasteiger partial charge in [0, 0.05) is 17.1 Å². The van der Waals surface area contributed by atoms with Crippen LogP contribution in [0.25, 0.3) is 0 Å². The monoisotopic (exact) mass is 458 g/mol. The van der Waals surface area contributed by atoms with Crippen molar-refractivity contribution < 1.29 is 14.3 Å². The third-order valence-electron chi connectivity index (χ3n) is 4.32. The fraction of sp³-hybridized carbons (Fsp3) is 0.200. The van der Waals surface area contributed by atoms with Crippen LogP contribution in [0.15, 0.2) is 52.7 Å². The number of hydrogen-bond acceptors (Lipinski definition) is 8. The van der Waals surface area contributed by atoms with E-state index >= 15 is 0 Å². The number of halogens is 1. The molecule has 11 heteroatoms. The third kappa shape index (κ3) is 5.68. The van der Waals surface area contributed by atoms with E-state index in [-0.39, 0.29) is 18.5 Å². The van der Waals surface area contributed by atoms with Crippen LogP contribution in [-0.4, -0.2) is 39.3 Å². The van der Waals surface area contributed by atoms with Crippen molar-refractivity contribution in [3.63, 3.8) is 0 Å². The van der Waals surface area contributed by atoms with Gasteiger partial charge in [-0.15, -0.1) is 5.10 Å². The van der Waals surface area contributed by atoms with Crippen LogP contribution in [0.1, 0.15) is 18.1 Å². The molecule has 1 aliphatic heterocycles. The molecule has 3 aromatic rings. The molecule has 9 nitrogen and oxygen atoms in total. The Labute approximate surface area is 187 Å². The van der Waals surface area contributed by atoms with Crippen molar-refractivity contribution in [2.75, 3.05) is 18.0 Å². The molecule has 0 atom stereocenters. The maximum absolute atomic E-state index is 12.0. The first-order valence-electron chi connectivity index (χ1n) is 9.33. The molecular formula is C20H19ClN6O3S. The Morgan fingerprint density at radius 3 is 2.87 bits per heavy atom. The molecule has 0 saturated heterocycles. The zero-order chi connectivity index (χ0) is 21.6. The highest BCUT2D eigenvalue weighted by molar-refractivity contribution is 7.99. The maximum atomic E-state index is 12.0. The van der Waals surface area contributed by atoms with Gasteiger partial charge in [0.15, 0.2) is 11.5 Å². The molecule has 1 aromatic heterocycles. The zero-order valence-corrected chi connectivity index (χ0v) is 18.1. The maximum Gasteiger partial charge on any atom is 0.240 e. The van der Waals surface area contributed by atoms with Crippen LogP contribution in [0.5, 0.6) is 11.5 Å². The topological polar surface area (TPSA) is 114 Å². The predicted molar refractivity (Wildman–Crippen MR) is 119 cm³/mol. The van der Waals surface area contributed by atoms with E-state index in [0.717, 1.165) is 22.6 Å². The highest BCUT2D eigenvalue weighted by Crippen LogP contribution is 2.32. The Kier molecular flexibility index (Phi) is 6.58. The highest BCUT2D eigenvalue weighted by atomic mass is 35.5. The average molecular weight is 459 g/mol. The summed E-state index contributed by atoms with van der Waals surface area (Å²) in [5, 5.41) is 15.1. The number of hydrazone groups is 1. The first kappa shape index (κ1) is 21.0. The van der Waals surface area contributed by atoms with Crippen LogP contribution in [0.4, 0.5) is 5.95 Å². The lowest BCUT2D eigenvalue weighted by Gasteiger charge is -2.04. The number of H-pyrrole nitrogens is 1. The van der Waals surface area contributed by atoms with Crippen molar-refractivity contribution in [1.29, 1.82) is 0 Å². The van der Waals surface area contributed by atoms with Gasteiger partial charge in [0.2, 0.25) is 23.8 Å². The summed E-state index contributed by atoms with van der Waals surface area (Å²) in [6.07, 6.45) is 0. The van der Waals surface area contributed by atoms with Gasteiger partial charge in [-0.2, -0.15) is 10.1 Å². The van der Waals surface area contributed by atoms with Crippen LogP contribution in [0.3, 0.4) is 0 Å². The summed E-state index contributed by atoms with van der Waals surface area (Å²) in [5.41, 5.74) is 5.44. The number of hydrogen-bond donors (Lipinski definition) is 3. The molecule has 0 fully saturated rings. The lowest BCUT2D eigenvalue weighted by atomic mass is 10.1. The lowest BCUT2D eigenvalue weighted by molar-refractivity contribution is -0.118. The number of benzene rings is 2. The van der Waals surface area contributed by atoms with Gasteiger partial charge in [0.25, 0.3) is 0 Å². The molecule has 4 rings (SSSR count). The number of thioether (sulfide) groups is 1. The van der Waals surface area contributed by atoms with Crippen molar-refractivity contribution in [1.82, 2.24) is 20.5 Å². The van der Waals surface area contributed by atoms with Crippen molar-refractivity contribution >= 4 is 40.9 Å². The Balaban J connectivity index is 1.24. The Bertz CT molecular complexity index is 1100. The molecule has 0 unspecified atom stereocenters. The summed E-state index contributed by atoms with van der Waals surface area (Å²) >= 11 is 7.08. The molecule has 0 spiro atoms. The minimum absolute atomic E-state index is 0.115. The second-order valence-corrected chi connectivity index (χ2v) is 7.91. The van der Waals surface area contributed by atoms with Gasteiger partial charge in [-0.25, -0.2) is 10.5 Å². The molecule has 160 valence electrons. The van der Waals surface area contributed by atoms with E-state index in [4.69, 9.17) is 21.1 Å². The fourth-order valence-corrected chi connectivity index (χ4v) is 3.42. The summed E-state index contributed by atoms with van der Waals surface area (Å²) in [5.74, 6) is 1.88. The normalized spacial score (nSPS) is 12.6. The van der Waals surface area contributed by atoms with Gasteiger partial charge in [-0.3, -0.25) is 4.79 Å². The van der Waals surface area contributed by atoms with Crippen molar-refractivity contribution in [2.45, 2.75) is 18.6 Å². The number of aromatic amines is 1. The fourth-order valence-electron chi connectivity index (χ4n) is 2.67. The van der Waals surface area contributed by atoms with Gasteiger partial charge in [0.05, 0.1) is 11.5 Å². The van der Waals surface area contributed by atoms with Crippen LogP contribution in [0.2, 0.25) is 5.02 Å². The molecule has 0 bridgehead atoms. The Morgan fingerprint density at radius 2 is 2.03 bits per heavy atom. The van der Waals surface area contributed by atoms with Gasteiger partial charge in [-0.05, 0) is 42.8 Å².